The van der Waals surface area contributed by atoms with E-state index in [-0.39, 0.29) is 22.3 Å². The number of halogens is 1. The Labute approximate surface area is 239 Å². The summed E-state index contributed by atoms with van der Waals surface area (Å²) < 4.78 is 19.4. The van der Waals surface area contributed by atoms with Crippen LogP contribution in [-0.4, -0.2) is 33.6 Å². The summed E-state index contributed by atoms with van der Waals surface area (Å²) in [4.78, 5) is 28.1. The largest absolute Gasteiger partial charge is 0.507 e. The monoisotopic (exact) mass is 575 g/mol. The zero-order valence-electron chi connectivity index (χ0n) is 21.8. The van der Waals surface area contributed by atoms with E-state index >= 15 is 0 Å². The lowest BCUT2D eigenvalue weighted by Crippen LogP contribution is -2.29. The van der Waals surface area contributed by atoms with Crippen molar-refractivity contribution in [1.29, 1.82) is 0 Å². The van der Waals surface area contributed by atoms with Crippen LogP contribution >= 0.6 is 23.1 Å². The standard InChI is InChI=1S/C30H26FN3O4S2/c1-3-16-38-23-14-10-21(11-15-23)26(35)24-25(20-8-4-18(2)5-9-20)34(28(37)27(24)36)29-32-33-30(40-29)39-17-19-6-12-22(31)13-7-19/h4-15,25,35H,3,16-17H2,1-2H3/b26-24-. The number of Topliss-reactive ketones (excluding diaryl/α,β-unsaturated/α-hetero) is 1. The van der Waals surface area contributed by atoms with Crippen LogP contribution in [0, 0.1) is 12.7 Å². The molecule has 0 aliphatic carbocycles. The molecule has 5 rings (SSSR count). The molecule has 7 nitrogen and oxygen atoms in total. The molecule has 1 aromatic heterocycles. The fourth-order valence-corrected chi connectivity index (χ4v) is 6.09. The molecule has 1 fully saturated rings. The van der Waals surface area contributed by atoms with Crippen LogP contribution in [0.2, 0.25) is 0 Å². The molecule has 2 heterocycles. The first kappa shape index (κ1) is 27.5. The van der Waals surface area contributed by atoms with Crippen LogP contribution in [0.1, 0.15) is 41.6 Å². The number of thioether (sulfide) groups is 1. The van der Waals surface area contributed by atoms with Crippen molar-refractivity contribution in [3.8, 4) is 5.75 Å². The summed E-state index contributed by atoms with van der Waals surface area (Å²) in [5, 5.41) is 20.0. The highest BCUT2D eigenvalue weighted by Crippen LogP contribution is 2.44. The number of carbonyl (C=O) groups excluding carboxylic acids is 2. The summed E-state index contributed by atoms with van der Waals surface area (Å²) in [5.74, 6) is -0.990. The molecule has 4 aromatic rings. The highest BCUT2D eigenvalue weighted by molar-refractivity contribution is 8.00. The van der Waals surface area contributed by atoms with Gasteiger partial charge in [0.1, 0.15) is 17.3 Å². The molecule has 1 N–H and O–H groups in total. The number of hydrogen-bond acceptors (Lipinski definition) is 8. The first-order valence-electron chi connectivity index (χ1n) is 12.7. The van der Waals surface area contributed by atoms with Crippen molar-refractivity contribution in [1.82, 2.24) is 10.2 Å². The lowest BCUT2D eigenvalue weighted by molar-refractivity contribution is -0.132. The average molecular weight is 576 g/mol. The number of ketones is 1. The third-order valence-electron chi connectivity index (χ3n) is 6.32. The molecule has 1 atom stereocenters. The van der Waals surface area contributed by atoms with Crippen molar-refractivity contribution in [3.05, 3.63) is 106 Å². The van der Waals surface area contributed by atoms with Crippen molar-refractivity contribution in [2.24, 2.45) is 0 Å². The average Bonchev–Trinajstić information content (AvgIpc) is 3.54. The lowest BCUT2D eigenvalue weighted by Gasteiger charge is -2.22. The third kappa shape index (κ3) is 5.78. The Morgan fingerprint density at radius 1 is 1.02 bits per heavy atom. The molecule has 1 saturated heterocycles. The van der Waals surface area contributed by atoms with Gasteiger partial charge in [0, 0.05) is 11.3 Å². The maximum atomic E-state index is 13.4. The van der Waals surface area contributed by atoms with Gasteiger partial charge in [-0.1, -0.05) is 72.0 Å². The number of aliphatic hydroxyl groups excluding tert-OH is 1. The molecule has 1 amide bonds. The van der Waals surface area contributed by atoms with E-state index in [4.69, 9.17) is 4.74 Å². The molecular weight excluding hydrogens is 549 g/mol. The van der Waals surface area contributed by atoms with E-state index in [9.17, 15) is 19.1 Å². The van der Waals surface area contributed by atoms with E-state index in [0.29, 0.717) is 33.6 Å². The van der Waals surface area contributed by atoms with Crippen LogP contribution in [0.4, 0.5) is 9.52 Å². The van der Waals surface area contributed by atoms with Crippen molar-refractivity contribution < 1.29 is 23.8 Å². The van der Waals surface area contributed by atoms with Crippen molar-refractivity contribution in [3.63, 3.8) is 0 Å². The molecule has 0 radical (unpaired) electrons. The SMILES string of the molecule is CCCOc1ccc(/C(O)=C2/C(=O)C(=O)N(c3nnc(SCc4ccc(F)cc4)s3)C2c2ccc(C)cc2)cc1. The van der Waals surface area contributed by atoms with E-state index in [1.54, 1.807) is 36.4 Å². The smallest absolute Gasteiger partial charge is 0.301 e. The van der Waals surface area contributed by atoms with Gasteiger partial charge in [-0.25, -0.2) is 4.39 Å². The highest BCUT2D eigenvalue weighted by Gasteiger charge is 2.48. The fourth-order valence-electron chi connectivity index (χ4n) is 4.26. The van der Waals surface area contributed by atoms with Gasteiger partial charge in [-0.2, -0.15) is 0 Å². The van der Waals surface area contributed by atoms with E-state index in [0.717, 1.165) is 17.5 Å². The molecule has 3 aromatic carbocycles. The van der Waals surface area contributed by atoms with Crippen LogP contribution in [-0.2, 0) is 15.3 Å². The van der Waals surface area contributed by atoms with Crippen LogP contribution < -0.4 is 9.64 Å². The van der Waals surface area contributed by atoms with Gasteiger partial charge in [0.25, 0.3) is 5.78 Å². The zero-order valence-corrected chi connectivity index (χ0v) is 23.5. The Morgan fingerprint density at radius 3 is 2.40 bits per heavy atom. The van der Waals surface area contributed by atoms with Gasteiger partial charge in [0.05, 0.1) is 18.2 Å². The van der Waals surface area contributed by atoms with Gasteiger partial charge in [0.2, 0.25) is 5.13 Å². The number of benzene rings is 3. The summed E-state index contributed by atoms with van der Waals surface area (Å²) in [5.41, 5.74) is 2.96. The number of carbonyl (C=O) groups is 2. The number of hydrogen-bond donors (Lipinski definition) is 1. The summed E-state index contributed by atoms with van der Waals surface area (Å²) in [6, 6.07) is 19.5. The molecule has 204 valence electrons. The van der Waals surface area contributed by atoms with Crippen molar-refractivity contribution in [2.75, 3.05) is 11.5 Å². The normalized spacial score (nSPS) is 16.5. The van der Waals surface area contributed by atoms with Crippen LogP contribution in [0.15, 0.2) is 82.7 Å². The predicted molar refractivity (Wildman–Crippen MR) is 154 cm³/mol. The number of aromatic nitrogens is 2. The summed E-state index contributed by atoms with van der Waals surface area (Å²) >= 11 is 2.57. The quantitative estimate of drug-likeness (QED) is 0.0781. The maximum Gasteiger partial charge on any atom is 0.301 e. The summed E-state index contributed by atoms with van der Waals surface area (Å²) in [6.07, 6.45) is 0.861. The molecule has 0 spiro atoms. The van der Waals surface area contributed by atoms with Gasteiger partial charge in [-0.3, -0.25) is 14.5 Å². The molecule has 10 heteroatoms. The first-order chi connectivity index (χ1) is 19.4. The molecule has 40 heavy (non-hydrogen) atoms. The van der Waals surface area contributed by atoms with Crippen LogP contribution in [0.3, 0.4) is 0 Å². The van der Waals surface area contributed by atoms with Crippen LogP contribution in [0.25, 0.3) is 5.76 Å². The number of ether oxygens (including phenoxy) is 1. The Morgan fingerprint density at radius 2 is 1.73 bits per heavy atom. The lowest BCUT2D eigenvalue weighted by atomic mass is 9.95. The third-order valence-corrected chi connectivity index (χ3v) is 8.44. The van der Waals surface area contributed by atoms with Gasteiger partial charge in [-0.15, -0.1) is 10.2 Å². The summed E-state index contributed by atoms with van der Waals surface area (Å²) in [6.45, 7) is 4.52. The first-order valence-corrected chi connectivity index (χ1v) is 14.5. The second-order valence-corrected chi connectivity index (χ2v) is 11.4. The minimum absolute atomic E-state index is 0.0215. The van der Waals surface area contributed by atoms with Crippen LogP contribution in [0.5, 0.6) is 5.75 Å². The predicted octanol–water partition coefficient (Wildman–Crippen LogP) is 6.69. The molecular formula is C30H26FN3O4S2. The topological polar surface area (TPSA) is 92.6 Å². The minimum Gasteiger partial charge on any atom is -0.507 e. The number of aliphatic hydroxyl groups is 1. The van der Waals surface area contributed by atoms with Crippen molar-refractivity contribution in [2.45, 2.75) is 36.4 Å². The molecule has 1 aliphatic rings. The minimum atomic E-state index is -0.889. The zero-order chi connectivity index (χ0) is 28.2. The van der Waals surface area contributed by atoms with Gasteiger partial charge in [-0.05, 0) is 60.9 Å². The van der Waals surface area contributed by atoms with E-state index in [2.05, 4.69) is 10.2 Å². The molecule has 0 bridgehead atoms. The Bertz CT molecular complexity index is 1550. The summed E-state index contributed by atoms with van der Waals surface area (Å²) in [7, 11) is 0. The number of rotatable bonds is 9. The van der Waals surface area contributed by atoms with Gasteiger partial charge in [0.15, 0.2) is 4.34 Å². The highest BCUT2D eigenvalue weighted by atomic mass is 32.2. The van der Waals surface area contributed by atoms with Gasteiger partial charge < -0.3 is 9.84 Å². The second-order valence-electron chi connectivity index (χ2n) is 9.22. The molecule has 1 aliphatic heterocycles. The molecule has 1 unspecified atom stereocenters. The second kappa shape index (κ2) is 12.0. The number of aryl methyl sites for hydroxylation is 1. The number of anilines is 1. The molecule has 0 saturated carbocycles. The van der Waals surface area contributed by atoms with E-state index in [1.165, 1.54) is 40.1 Å². The Balaban J connectivity index is 1.49. The fraction of sp³-hybridized carbons (Fsp3) is 0.200. The number of amides is 1. The van der Waals surface area contributed by atoms with Gasteiger partial charge >= 0.3 is 5.91 Å². The van der Waals surface area contributed by atoms with Crippen molar-refractivity contribution >= 4 is 45.7 Å². The van der Waals surface area contributed by atoms with E-state index in [1.807, 2.05) is 38.1 Å². The maximum absolute atomic E-state index is 13.4. The van der Waals surface area contributed by atoms with E-state index < -0.39 is 17.7 Å². The Kier molecular flexibility index (Phi) is 8.27. The Hall–Kier alpha value is -4.02. The number of nitrogens with zero attached hydrogens (tertiary/aromatic N) is 3.